The Morgan fingerprint density at radius 1 is 1.14 bits per heavy atom. The van der Waals surface area contributed by atoms with Crippen LogP contribution in [-0.2, 0) is 12.7 Å². The van der Waals surface area contributed by atoms with Gasteiger partial charge in [-0.1, -0.05) is 0 Å². The molecule has 0 amide bonds. The molecular weight excluding hydrogens is 387 g/mol. The van der Waals surface area contributed by atoms with E-state index in [1.54, 1.807) is 19.2 Å². The Labute approximate surface area is 163 Å². The lowest BCUT2D eigenvalue weighted by molar-refractivity contribution is -0.142. The maximum Gasteiger partial charge on any atom is 0.435 e. The summed E-state index contributed by atoms with van der Waals surface area (Å²) < 4.78 is 41.3. The predicted octanol–water partition coefficient (Wildman–Crippen LogP) is 1.37. The Balaban J connectivity index is 1.90. The number of alkyl halides is 3. The van der Waals surface area contributed by atoms with Crippen molar-refractivity contribution in [3.63, 3.8) is 0 Å². The molecule has 0 aliphatic carbocycles. The predicted molar refractivity (Wildman–Crippen MR) is 99.8 cm³/mol. The van der Waals surface area contributed by atoms with Crippen molar-refractivity contribution in [2.45, 2.75) is 19.6 Å². The second-order valence-corrected chi connectivity index (χ2v) is 6.73. The molecule has 0 bridgehead atoms. The number of anilines is 1. The summed E-state index contributed by atoms with van der Waals surface area (Å²) in [6.07, 6.45) is -0.966. The monoisotopic (exact) mass is 405 g/mol. The highest BCUT2D eigenvalue weighted by molar-refractivity contribution is 5.75. The second kappa shape index (κ2) is 7.39. The molecule has 3 aromatic heterocycles. The first-order valence-electron chi connectivity index (χ1n) is 9.04. The summed E-state index contributed by atoms with van der Waals surface area (Å²) >= 11 is 0. The van der Waals surface area contributed by atoms with Crippen LogP contribution < -0.4 is 15.8 Å². The van der Waals surface area contributed by atoms with Gasteiger partial charge in [0, 0.05) is 44.8 Å². The van der Waals surface area contributed by atoms with Crippen LogP contribution in [0.15, 0.2) is 29.5 Å². The van der Waals surface area contributed by atoms with Gasteiger partial charge in [0.15, 0.2) is 11.3 Å². The fourth-order valence-electron chi connectivity index (χ4n) is 3.35. The smallest absolute Gasteiger partial charge is 0.364 e. The fraction of sp³-hybridized carbons (Fsp3) is 0.389. The molecule has 3 aromatic rings. The van der Waals surface area contributed by atoms with Gasteiger partial charge in [0.1, 0.15) is 11.2 Å². The van der Waals surface area contributed by atoms with E-state index < -0.39 is 24.0 Å². The third-order valence-corrected chi connectivity index (χ3v) is 4.70. The molecule has 0 atom stereocenters. The molecule has 1 fully saturated rings. The van der Waals surface area contributed by atoms with Crippen molar-refractivity contribution in [3.05, 3.63) is 52.1 Å². The first-order chi connectivity index (χ1) is 13.8. The van der Waals surface area contributed by atoms with Crippen LogP contribution in [0.4, 0.5) is 18.9 Å². The lowest BCUT2D eigenvalue weighted by atomic mass is 10.2. The van der Waals surface area contributed by atoms with Crippen LogP contribution in [0.25, 0.3) is 11.2 Å². The van der Waals surface area contributed by atoms with Gasteiger partial charge in [-0.05, 0) is 13.0 Å². The first-order valence-corrected chi connectivity index (χ1v) is 9.04. The van der Waals surface area contributed by atoms with E-state index >= 15 is 0 Å². The number of piperazine rings is 1. The van der Waals surface area contributed by atoms with Crippen molar-refractivity contribution in [3.8, 4) is 0 Å². The Morgan fingerprint density at radius 2 is 1.86 bits per heavy atom. The Morgan fingerprint density at radius 3 is 2.59 bits per heavy atom. The molecule has 29 heavy (non-hydrogen) atoms. The summed E-state index contributed by atoms with van der Waals surface area (Å²) in [5, 5.41) is 3.21. The minimum atomic E-state index is -4.68. The van der Waals surface area contributed by atoms with E-state index in [1.807, 2.05) is 4.90 Å². The lowest BCUT2D eigenvalue weighted by Gasteiger charge is -2.29. The highest BCUT2D eigenvalue weighted by atomic mass is 19.4. The van der Waals surface area contributed by atoms with Gasteiger partial charge in [0.25, 0.3) is 5.56 Å². The van der Waals surface area contributed by atoms with Gasteiger partial charge in [-0.3, -0.25) is 19.3 Å². The first kappa shape index (κ1) is 19.2. The third kappa shape index (κ3) is 3.77. The number of rotatable bonds is 3. The van der Waals surface area contributed by atoms with Crippen LogP contribution in [0.2, 0.25) is 0 Å². The van der Waals surface area contributed by atoms with Gasteiger partial charge in [0.05, 0.1) is 17.9 Å². The summed E-state index contributed by atoms with van der Waals surface area (Å²) in [6.45, 7) is 3.93. The third-order valence-electron chi connectivity index (χ3n) is 4.70. The molecular formula is C18H18F3N7O. The van der Waals surface area contributed by atoms with E-state index in [-0.39, 0.29) is 11.3 Å². The maximum atomic E-state index is 13.4. The number of hydrogen-bond donors (Lipinski definition) is 1. The van der Waals surface area contributed by atoms with Crippen LogP contribution in [-0.4, -0.2) is 50.7 Å². The molecule has 1 aliphatic rings. The Kier molecular flexibility index (Phi) is 4.91. The van der Waals surface area contributed by atoms with E-state index in [0.717, 1.165) is 6.20 Å². The molecule has 0 spiro atoms. The van der Waals surface area contributed by atoms with Gasteiger partial charge in [-0.2, -0.15) is 13.2 Å². The van der Waals surface area contributed by atoms with E-state index in [2.05, 4.69) is 25.3 Å². The van der Waals surface area contributed by atoms with Crippen LogP contribution in [0.1, 0.15) is 17.1 Å². The van der Waals surface area contributed by atoms with E-state index in [0.29, 0.717) is 43.1 Å². The maximum absolute atomic E-state index is 13.4. The highest BCUT2D eigenvalue weighted by Gasteiger charge is 2.36. The van der Waals surface area contributed by atoms with E-state index in [1.165, 1.54) is 10.8 Å². The second-order valence-electron chi connectivity index (χ2n) is 6.73. The minimum absolute atomic E-state index is 0.215. The number of aryl methyl sites for hydroxylation is 1. The molecule has 8 nitrogen and oxygen atoms in total. The molecule has 0 unspecified atom stereocenters. The largest absolute Gasteiger partial charge is 0.435 e. The number of nitrogens with one attached hydrogen (secondary N) is 1. The summed E-state index contributed by atoms with van der Waals surface area (Å²) in [6, 6.07) is 1.65. The van der Waals surface area contributed by atoms with Crippen LogP contribution in [0.5, 0.6) is 0 Å². The van der Waals surface area contributed by atoms with Crippen LogP contribution >= 0.6 is 0 Å². The molecule has 4 heterocycles. The van der Waals surface area contributed by atoms with E-state index in [9.17, 15) is 18.0 Å². The fourth-order valence-corrected chi connectivity index (χ4v) is 3.35. The average Bonchev–Trinajstić information content (AvgIpc) is 2.70. The molecule has 152 valence electrons. The van der Waals surface area contributed by atoms with Crippen LogP contribution in [0, 0.1) is 6.92 Å². The average molecular weight is 405 g/mol. The number of nitrogens with zero attached hydrogens (tertiary/aromatic N) is 6. The number of aromatic nitrogens is 5. The lowest BCUT2D eigenvalue weighted by Crippen LogP contribution is -2.46. The Hall–Kier alpha value is -3.08. The van der Waals surface area contributed by atoms with Crippen molar-refractivity contribution in [1.29, 1.82) is 0 Å². The molecule has 0 saturated carbocycles. The summed E-state index contributed by atoms with van der Waals surface area (Å²) in [5.41, 5.74) is -0.310. The zero-order chi connectivity index (χ0) is 20.6. The topological polar surface area (TPSA) is 88.8 Å². The molecule has 0 aromatic carbocycles. The number of hydrogen-bond acceptors (Lipinski definition) is 7. The number of pyridine rings is 1. The standard InChI is InChI=1S/C18H18F3N7O/c1-11-9-25-12-8-14(27-6-4-22-5-7-27)17(29)28(16(12)26-11)10-13-15(18(19,20)21)24-3-2-23-13/h2-3,8-9,22H,4-7,10H2,1H3. The summed E-state index contributed by atoms with van der Waals surface area (Å²) in [7, 11) is 0. The van der Waals surface area contributed by atoms with Crippen molar-refractivity contribution in [2.75, 3.05) is 31.1 Å². The molecule has 0 radical (unpaired) electrons. The molecule has 4 rings (SSSR count). The molecule has 1 aliphatic heterocycles. The van der Waals surface area contributed by atoms with Gasteiger partial charge in [-0.25, -0.2) is 9.97 Å². The van der Waals surface area contributed by atoms with Gasteiger partial charge < -0.3 is 10.2 Å². The van der Waals surface area contributed by atoms with E-state index in [4.69, 9.17) is 0 Å². The number of fused-ring (bicyclic) bond motifs is 1. The van der Waals surface area contributed by atoms with Crippen molar-refractivity contribution >= 4 is 16.9 Å². The Bertz CT molecular complexity index is 1110. The summed E-state index contributed by atoms with van der Waals surface area (Å²) in [5.74, 6) is 0. The summed E-state index contributed by atoms with van der Waals surface area (Å²) in [4.78, 5) is 31.1. The van der Waals surface area contributed by atoms with Crippen molar-refractivity contribution in [1.82, 2.24) is 29.8 Å². The minimum Gasteiger partial charge on any atom is -0.364 e. The van der Waals surface area contributed by atoms with Gasteiger partial charge in [0.2, 0.25) is 0 Å². The van der Waals surface area contributed by atoms with Crippen molar-refractivity contribution in [2.24, 2.45) is 0 Å². The SMILES string of the molecule is Cc1cnc2cc(N3CCNCC3)c(=O)n(Cc3nccnc3C(F)(F)F)c2n1. The molecule has 11 heteroatoms. The van der Waals surface area contributed by atoms with Crippen LogP contribution in [0.3, 0.4) is 0 Å². The zero-order valence-corrected chi connectivity index (χ0v) is 15.6. The quantitative estimate of drug-likeness (QED) is 0.704. The molecule has 1 N–H and O–H groups in total. The number of halogens is 3. The van der Waals surface area contributed by atoms with Gasteiger partial charge in [-0.15, -0.1) is 0 Å². The van der Waals surface area contributed by atoms with Gasteiger partial charge >= 0.3 is 6.18 Å². The highest BCUT2D eigenvalue weighted by Crippen LogP contribution is 2.29. The van der Waals surface area contributed by atoms with Crippen molar-refractivity contribution < 1.29 is 13.2 Å². The normalized spacial score (nSPS) is 15.1. The molecule has 1 saturated heterocycles. The zero-order valence-electron chi connectivity index (χ0n) is 15.6.